The molecule has 0 aliphatic carbocycles. The van der Waals surface area contributed by atoms with E-state index in [2.05, 4.69) is 27.3 Å². The third-order valence-corrected chi connectivity index (χ3v) is 5.37. The van der Waals surface area contributed by atoms with Crippen molar-refractivity contribution in [3.8, 4) is 0 Å². The quantitative estimate of drug-likeness (QED) is 0.721. The molecule has 0 atom stereocenters. The van der Waals surface area contributed by atoms with Gasteiger partial charge in [0.15, 0.2) is 0 Å². The molecule has 0 aromatic heterocycles. The Kier molecular flexibility index (Phi) is 5.13. The molecule has 7 heteroatoms. The summed E-state index contributed by atoms with van der Waals surface area (Å²) in [6.45, 7) is 2.18. The number of nitrogens with two attached hydrogens (primary N) is 1. The molecule has 112 valence electrons. The number of benzene rings is 2. The first kappa shape index (κ1) is 16.5. The summed E-state index contributed by atoms with van der Waals surface area (Å²) in [5.74, 6) is 0. The molecule has 0 unspecified atom stereocenters. The molecule has 0 bridgehead atoms. The smallest absolute Gasteiger partial charge is 0.261 e. The van der Waals surface area contributed by atoms with Gasteiger partial charge in [-0.1, -0.05) is 17.7 Å². The highest BCUT2D eigenvalue weighted by molar-refractivity contribution is 14.1. The molecule has 0 saturated carbocycles. The SMILES string of the molecule is Cc1ccc(S(=O)(=O)Nc2ccc(I)cc2Cl)cc1CN. The molecule has 0 fully saturated rings. The maximum atomic E-state index is 12.4. The van der Waals surface area contributed by atoms with Crippen LogP contribution in [0.2, 0.25) is 5.02 Å². The molecule has 0 spiro atoms. The minimum Gasteiger partial charge on any atom is -0.326 e. The molecule has 4 nitrogen and oxygen atoms in total. The molecule has 0 radical (unpaired) electrons. The van der Waals surface area contributed by atoms with E-state index < -0.39 is 10.0 Å². The largest absolute Gasteiger partial charge is 0.326 e. The molecule has 0 aliphatic rings. The van der Waals surface area contributed by atoms with Crippen molar-refractivity contribution in [2.24, 2.45) is 5.73 Å². The normalized spacial score (nSPS) is 11.4. The highest BCUT2D eigenvalue weighted by atomic mass is 127. The second-order valence-electron chi connectivity index (χ2n) is 4.52. The summed E-state index contributed by atoms with van der Waals surface area (Å²) >= 11 is 8.16. The van der Waals surface area contributed by atoms with E-state index >= 15 is 0 Å². The molecule has 2 aromatic carbocycles. The van der Waals surface area contributed by atoms with Gasteiger partial charge >= 0.3 is 0 Å². The third-order valence-electron chi connectivity index (χ3n) is 3.03. The summed E-state index contributed by atoms with van der Waals surface area (Å²) in [4.78, 5) is 0.170. The molecule has 0 heterocycles. The summed E-state index contributed by atoms with van der Waals surface area (Å²) in [5, 5.41) is 0.358. The van der Waals surface area contributed by atoms with Crippen molar-refractivity contribution in [2.45, 2.75) is 18.4 Å². The molecule has 0 aliphatic heterocycles. The average Bonchev–Trinajstić information content (AvgIpc) is 2.42. The Balaban J connectivity index is 2.38. The van der Waals surface area contributed by atoms with Gasteiger partial charge in [-0.3, -0.25) is 4.72 Å². The van der Waals surface area contributed by atoms with E-state index in [1.807, 2.05) is 6.92 Å². The molecule has 0 amide bonds. The number of halogens is 2. The van der Waals surface area contributed by atoms with Crippen molar-refractivity contribution in [3.05, 3.63) is 56.1 Å². The first-order chi connectivity index (χ1) is 9.83. The molecule has 0 saturated heterocycles. The monoisotopic (exact) mass is 436 g/mol. The van der Waals surface area contributed by atoms with Crippen LogP contribution in [0.25, 0.3) is 0 Å². The lowest BCUT2D eigenvalue weighted by atomic mass is 10.1. The Labute approximate surface area is 142 Å². The van der Waals surface area contributed by atoms with Crippen LogP contribution in [-0.4, -0.2) is 8.42 Å². The van der Waals surface area contributed by atoms with Crippen LogP contribution in [0.1, 0.15) is 11.1 Å². The molecular weight excluding hydrogens is 423 g/mol. The van der Waals surface area contributed by atoms with Crippen molar-refractivity contribution in [1.82, 2.24) is 0 Å². The van der Waals surface area contributed by atoms with Crippen molar-refractivity contribution in [3.63, 3.8) is 0 Å². The Bertz CT molecular complexity index is 779. The Morgan fingerprint density at radius 3 is 2.57 bits per heavy atom. The average molecular weight is 437 g/mol. The van der Waals surface area contributed by atoms with Crippen molar-refractivity contribution in [2.75, 3.05) is 4.72 Å². The zero-order valence-corrected chi connectivity index (χ0v) is 15.0. The summed E-state index contributed by atoms with van der Waals surface area (Å²) in [7, 11) is -3.69. The van der Waals surface area contributed by atoms with Crippen LogP contribution < -0.4 is 10.5 Å². The number of hydrogen-bond acceptors (Lipinski definition) is 3. The Morgan fingerprint density at radius 2 is 1.95 bits per heavy atom. The third kappa shape index (κ3) is 3.88. The molecule has 21 heavy (non-hydrogen) atoms. The van der Waals surface area contributed by atoms with E-state index in [1.165, 1.54) is 0 Å². The van der Waals surface area contributed by atoms with Crippen molar-refractivity contribution < 1.29 is 8.42 Å². The summed E-state index contributed by atoms with van der Waals surface area (Å²) in [5.41, 5.74) is 7.73. The lowest BCUT2D eigenvalue weighted by Gasteiger charge is -2.12. The van der Waals surface area contributed by atoms with Gasteiger partial charge in [0.25, 0.3) is 10.0 Å². The molecular formula is C14H14ClIN2O2S. The zero-order valence-electron chi connectivity index (χ0n) is 11.2. The van der Waals surface area contributed by atoms with Gasteiger partial charge < -0.3 is 5.73 Å². The minimum atomic E-state index is -3.69. The van der Waals surface area contributed by atoms with Gasteiger partial charge in [-0.05, 0) is 71.0 Å². The second kappa shape index (κ2) is 6.51. The molecule has 2 rings (SSSR count). The number of sulfonamides is 1. The van der Waals surface area contributed by atoms with Gasteiger partial charge in [-0.2, -0.15) is 0 Å². The van der Waals surface area contributed by atoms with Gasteiger partial charge in [-0.25, -0.2) is 8.42 Å². The maximum Gasteiger partial charge on any atom is 0.261 e. The van der Waals surface area contributed by atoms with Crippen LogP contribution >= 0.6 is 34.2 Å². The van der Waals surface area contributed by atoms with E-state index in [-0.39, 0.29) is 4.90 Å². The van der Waals surface area contributed by atoms with Gasteiger partial charge in [0, 0.05) is 10.1 Å². The van der Waals surface area contributed by atoms with Gasteiger partial charge in [-0.15, -0.1) is 0 Å². The van der Waals surface area contributed by atoms with Gasteiger partial charge in [0.1, 0.15) is 0 Å². The highest BCUT2D eigenvalue weighted by Crippen LogP contribution is 2.26. The standard InChI is InChI=1S/C14H14ClIN2O2S/c1-9-2-4-12(6-10(9)8-17)21(19,20)18-14-5-3-11(16)7-13(14)15/h2-7,18H,8,17H2,1H3. The van der Waals surface area contributed by atoms with Gasteiger partial charge in [0.2, 0.25) is 0 Å². The first-order valence-electron chi connectivity index (χ1n) is 6.11. The second-order valence-corrected chi connectivity index (χ2v) is 7.86. The fourth-order valence-corrected chi connectivity index (χ4v) is 3.90. The predicted octanol–water partition coefficient (Wildman–Crippen LogP) is 3.51. The van der Waals surface area contributed by atoms with Crippen LogP contribution in [0.4, 0.5) is 5.69 Å². The maximum absolute atomic E-state index is 12.4. The lowest BCUT2D eigenvalue weighted by molar-refractivity contribution is 0.601. The van der Waals surface area contributed by atoms with E-state index in [9.17, 15) is 8.42 Å². The molecule has 2 aromatic rings. The Hall–Kier alpha value is -0.830. The van der Waals surface area contributed by atoms with Crippen LogP contribution in [0.3, 0.4) is 0 Å². The van der Waals surface area contributed by atoms with Gasteiger partial charge in [0.05, 0.1) is 15.6 Å². The minimum absolute atomic E-state index is 0.170. The zero-order chi connectivity index (χ0) is 15.6. The predicted molar refractivity (Wildman–Crippen MR) is 94.0 cm³/mol. The van der Waals surface area contributed by atoms with Crippen molar-refractivity contribution in [1.29, 1.82) is 0 Å². The van der Waals surface area contributed by atoms with Crippen molar-refractivity contribution >= 4 is 49.9 Å². The van der Waals surface area contributed by atoms with E-state index in [1.54, 1.807) is 36.4 Å². The number of nitrogens with one attached hydrogen (secondary N) is 1. The number of hydrogen-bond donors (Lipinski definition) is 2. The van der Waals surface area contributed by atoms with Crippen LogP contribution in [0.5, 0.6) is 0 Å². The highest BCUT2D eigenvalue weighted by Gasteiger charge is 2.16. The summed E-state index contributed by atoms with van der Waals surface area (Å²) in [6.07, 6.45) is 0. The number of aryl methyl sites for hydroxylation is 1. The lowest BCUT2D eigenvalue weighted by Crippen LogP contribution is -2.14. The first-order valence-corrected chi connectivity index (χ1v) is 9.05. The number of anilines is 1. The summed E-state index contributed by atoms with van der Waals surface area (Å²) < 4.78 is 28.2. The fraction of sp³-hybridized carbons (Fsp3) is 0.143. The van der Waals surface area contributed by atoms with Crippen LogP contribution in [0.15, 0.2) is 41.3 Å². The Morgan fingerprint density at radius 1 is 1.24 bits per heavy atom. The van der Waals surface area contributed by atoms with E-state index in [0.29, 0.717) is 17.3 Å². The topological polar surface area (TPSA) is 72.2 Å². The van der Waals surface area contributed by atoms with E-state index in [0.717, 1.165) is 14.7 Å². The fourth-order valence-electron chi connectivity index (χ4n) is 1.81. The number of rotatable bonds is 4. The van der Waals surface area contributed by atoms with Crippen LogP contribution in [0, 0.1) is 10.5 Å². The molecule has 3 N–H and O–H groups in total. The summed E-state index contributed by atoms with van der Waals surface area (Å²) in [6, 6.07) is 9.99. The van der Waals surface area contributed by atoms with Crippen LogP contribution in [-0.2, 0) is 16.6 Å². The van der Waals surface area contributed by atoms with E-state index in [4.69, 9.17) is 17.3 Å².